The van der Waals surface area contributed by atoms with Gasteiger partial charge >= 0.3 is 0 Å². The minimum atomic E-state index is -0.330. The van der Waals surface area contributed by atoms with Crippen molar-refractivity contribution >= 4 is 44.6 Å². The van der Waals surface area contributed by atoms with Crippen LogP contribution in [-0.4, -0.2) is 56.1 Å². The third kappa shape index (κ3) is 4.76. The molecular weight excluding hydrogens is 429 g/mol. The molecule has 0 spiro atoms. The van der Waals surface area contributed by atoms with E-state index in [0.29, 0.717) is 30.3 Å². The SMILES string of the molecule is CCN(CC(=O)Nc1ccc(N2CCOCC2)cc1)C(=O)c1sc2ccc(F)cc2c1C. The standard InChI is InChI=1S/C24H26FN3O3S/c1-3-27(24(30)23-16(2)20-14-17(25)4-9-21(20)32-23)15-22(29)26-18-5-7-19(8-6-18)28-10-12-31-13-11-28/h4-9,14H,3,10-13,15H2,1-2H3,(H,26,29). The predicted octanol–water partition coefficient (Wildman–Crippen LogP) is 4.29. The fourth-order valence-corrected chi connectivity index (χ4v) is 4.98. The number of halogens is 1. The minimum absolute atomic E-state index is 0.0530. The molecule has 0 saturated carbocycles. The highest BCUT2D eigenvalue weighted by atomic mass is 32.1. The zero-order valence-corrected chi connectivity index (χ0v) is 19.0. The summed E-state index contributed by atoms with van der Waals surface area (Å²) in [5.74, 6) is -0.808. The quantitative estimate of drug-likeness (QED) is 0.603. The molecule has 3 aromatic rings. The van der Waals surface area contributed by atoms with Crippen LogP contribution >= 0.6 is 11.3 Å². The van der Waals surface area contributed by atoms with Crippen LogP contribution in [0.4, 0.5) is 15.8 Å². The van der Waals surface area contributed by atoms with Gasteiger partial charge in [-0.05, 0) is 67.3 Å². The van der Waals surface area contributed by atoms with E-state index in [1.807, 2.05) is 38.1 Å². The fourth-order valence-electron chi connectivity index (χ4n) is 3.82. The van der Waals surface area contributed by atoms with Crippen molar-refractivity contribution in [1.82, 2.24) is 4.90 Å². The van der Waals surface area contributed by atoms with Crippen molar-refractivity contribution in [2.24, 2.45) is 0 Å². The molecule has 1 N–H and O–H groups in total. The number of thiophene rings is 1. The molecule has 32 heavy (non-hydrogen) atoms. The molecule has 0 bridgehead atoms. The number of hydrogen-bond donors (Lipinski definition) is 1. The summed E-state index contributed by atoms with van der Waals surface area (Å²) < 4.78 is 19.8. The van der Waals surface area contributed by atoms with Crippen LogP contribution in [0.15, 0.2) is 42.5 Å². The highest BCUT2D eigenvalue weighted by molar-refractivity contribution is 7.21. The van der Waals surface area contributed by atoms with Crippen LogP contribution in [0.1, 0.15) is 22.2 Å². The Morgan fingerprint density at radius 1 is 1.16 bits per heavy atom. The number of benzene rings is 2. The summed E-state index contributed by atoms with van der Waals surface area (Å²) in [5, 5.41) is 3.61. The lowest BCUT2D eigenvalue weighted by atomic mass is 10.1. The zero-order chi connectivity index (χ0) is 22.7. The molecule has 0 aliphatic carbocycles. The van der Waals surface area contributed by atoms with E-state index in [-0.39, 0.29) is 24.2 Å². The summed E-state index contributed by atoms with van der Waals surface area (Å²) in [6.45, 7) is 7.13. The smallest absolute Gasteiger partial charge is 0.264 e. The first-order valence-electron chi connectivity index (χ1n) is 10.7. The number of nitrogens with one attached hydrogen (secondary N) is 1. The third-order valence-corrected chi connectivity index (χ3v) is 6.88. The Kier molecular flexibility index (Phi) is 6.72. The van der Waals surface area contributed by atoms with Gasteiger partial charge in [-0.15, -0.1) is 11.3 Å². The number of anilines is 2. The molecule has 8 heteroatoms. The Balaban J connectivity index is 1.41. The molecule has 0 unspecified atom stereocenters. The minimum Gasteiger partial charge on any atom is -0.378 e. The van der Waals surface area contributed by atoms with Crippen molar-refractivity contribution in [3.8, 4) is 0 Å². The Bertz CT molecular complexity index is 1120. The molecule has 2 aromatic carbocycles. The second-order valence-electron chi connectivity index (χ2n) is 7.71. The van der Waals surface area contributed by atoms with Crippen molar-refractivity contribution in [3.05, 3.63) is 58.7 Å². The van der Waals surface area contributed by atoms with E-state index in [1.54, 1.807) is 6.07 Å². The second kappa shape index (κ2) is 9.67. The van der Waals surface area contributed by atoms with Crippen LogP contribution in [0.25, 0.3) is 10.1 Å². The number of ether oxygens (including phenoxy) is 1. The van der Waals surface area contributed by atoms with E-state index in [9.17, 15) is 14.0 Å². The predicted molar refractivity (Wildman–Crippen MR) is 126 cm³/mol. The van der Waals surface area contributed by atoms with E-state index in [0.717, 1.165) is 34.4 Å². The molecule has 6 nitrogen and oxygen atoms in total. The van der Waals surface area contributed by atoms with Gasteiger partial charge < -0.3 is 19.9 Å². The molecule has 0 atom stereocenters. The molecule has 4 rings (SSSR count). The number of amides is 2. The number of hydrogen-bond acceptors (Lipinski definition) is 5. The van der Waals surface area contributed by atoms with Crippen molar-refractivity contribution in [1.29, 1.82) is 0 Å². The monoisotopic (exact) mass is 455 g/mol. The number of carbonyl (C=O) groups excluding carboxylic acids is 2. The average molecular weight is 456 g/mol. The van der Waals surface area contributed by atoms with Crippen LogP contribution in [0.5, 0.6) is 0 Å². The lowest BCUT2D eigenvalue weighted by molar-refractivity contribution is -0.116. The zero-order valence-electron chi connectivity index (χ0n) is 18.2. The summed E-state index contributed by atoms with van der Waals surface area (Å²) >= 11 is 1.33. The molecule has 168 valence electrons. The number of likely N-dealkylation sites (N-methyl/N-ethyl adjacent to an activating group) is 1. The highest BCUT2D eigenvalue weighted by Gasteiger charge is 2.22. The van der Waals surface area contributed by atoms with Crippen LogP contribution in [0.2, 0.25) is 0 Å². The molecule has 2 heterocycles. The summed E-state index contributed by atoms with van der Waals surface area (Å²) in [6.07, 6.45) is 0. The summed E-state index contributed by atoms with van der Waals surface area (Å²) in [5.41, 5.74) is 2.52. The van der Waals surface area contributed by atoms with Gasteiger partial charge in [0.05, 0.1) is 18.1 Å². The Morgan fingerprint density at radius 3 is 2.56 bits per heavy atom. The largest absolute Gasteiger partial charge is 0.378 e. The van der Waals surface area contributed by atoms with Gasteiger partial charge in [0.25, 0.3) is 5.91 Å². The van der Waals surface area contributed by atoms with Gasteiger partial charge in [-0.3, -0.25) is 9.59 Å². The maximum Gasteiger partial charge on any atom is 0.264 e. The number of rotatable bonds is 6. The van der Waals surface area contributed by atoms with Gasteiger partial charge in [0, 0.05) is 35.7 Å². The molecule has 1 aromatic heterocycles. The van der Waals surface area contributed by atoms with Gasteiger partial charge in [-0.25, -0.2) is 4.39 Å². The number of carbonyl (C=O) groups is 2. The van der Waals surface area contributed by atoms with Crippen molar-refractivity contribution < 1.29 is 18.7 Å². The molecule has 1 fully saturated rings. The van der Waals surface area contributed by atoms with Gasteiger partial charge in [0.1, 0.15) is 12.4 Å². The third-order valence-electron chi connectivity index (χ3n) is 5.62. The van der Waals surface area contributed by atoms with Crippen LogP contribution in [0.3, 0.4) is 0 Å². The van der Waals surface area contributed by atoms with Gasteiger partial charge in [0.2, 0.25) is 5.91 Å². The number of aryl methyl sites for hydroxylation is 1. The first-order valence-corrected chi connectivity index (χ1v) is 11.5. The molecule has 1 aliphatic heterocycles. The number of fused-ring (bicyclic) bond motifs is 1. The summed E-state index contributed by atoms with van der Waals surface area (Å²) in [7, 11) is 0. The van der Waals surface area contributed by atoms with Crippen molar-refractivity contribution in [2.45, 2.75) is 13.8 Å². The van der Waals surface area contributed by atoms with Crippen molar-refractivity contribution in [3.63, 3.8) is 0 Å². The van der Waals surface area contributed by atoms with Gasteiger partial charge in [0.15, 0.2) is 0 Å². The Labute approximate surface area is 190 Å². The van der Waals surface area contributed by atoms with Gasteiger partial charge in [-0.1, -0.05) is 0 Å². The molecule has 0 radical (unpaired) electrons. The molecule has 1 saturated heterocycles. The molecular formula is C24H26FN3O3S. The Hall–Kier alpha value is -2.97. The Morgan fingerprint density at radius 2 is 1.88 bits per heavy atom. The lowest BCUT2D eigenvalue weighted by Gasteiger charge is -2.29. The molecule has 2 amide bonds. The van der Waals surface area contributed by atoms with E-state index >= 15 is 0 Å². The van der Waals surface area contributed by atoms with Crippen LogP contribution < -0.4 is 10.2 Å². The number of nitrogens with zero attached hydrogens (tertiary/aromatic N) is 2. The van der Waals surface area contributed by atoms with E-state index < -0.39 is 0 Å². The van der Waals surface area contributed by atoms with Crippen LogP contribution in [-0.2, 0) is 9.53 Å². The summed E-state index contributed by atoms with van der Waals surface area (Å²) in [6, 6.07) is 12.2. The first kappa shape index (κ1) is 22.2. The summed E-state index contributed by atoms with van der Waals surface area (Å²) in [4.78, 5) is 30.0. The van der Waals surface area contributed by atoms with Crippen LogP contribution in [0, 0.1) is 12.7 Å². The first-order chi connectivity index (χ1) is 15.5. The maximum atomic E-state index is 13.6. The topological polar surface area (TPSA) is 61.9 Å². The number of morpholine rings is 1. The van der Waals surface area contributed by atoms with Gasteiger partial charge in [-0.2, -0.15) is 0 Å². The maximum absolute atomic E-state index is 13.6. The molecule has 1 aliphatic rings. The lowest BCUT2D eigenvalue weighted by Crippen LogP contribution is -2.37. The van der Waals surface area contributed by atoms with E-state index in [2.05, 4.69) is 10.2 Å². The second-order valence-corrected chi connectivity index (χ2v) is 8.76. The van der Waals surface area contributed by atoms with Crippen molar-refractivity contribution in [2.75, 3.05) is 49.6 Å². The van der Waals surface area contributed by atoms with E-state index in [4.69, 9.17) is 4.74 Å². The van der Waals surface area contributed by atoms with E-state index in [1.165, 1.54) is 28.4 Å². The fraction of sp³-hybridized carbons (Fsp3) is 0.333. The highest BCUT2D eigenvalue weighted by Crippen LogP contribution is 2.32. The average Bonchev–Trinajstić information content (AvgIpc) is 3.14. The normalized spacial score (nSPS) is 13.9.